The molecule has 5 heteroatoms. The molecule has 1 saturated carbocycles. The predicted molar refractivity (Wildman–Crippen MR) is 83.0 cm³/mol. The van der Waals surface area contributed by atoms with Crippen molar-refractivity contribution >= 4 is 11.4 Å². The topological polar surface area (TPSA) is 47.7 Å². The number of anilines is 2. The summed E-state index contributed by atoms with van der Waals surface area (Å²) in [6, 6.07) is 4.96. The van der Waals surface area contributed by atoms with Gasteiger partial charge in [0.25, 0.3) is 0 Å². The van der Waals surface area contributed by atoms with Crippen LogP contribution in [0.2, 0.25) is 0 Å². The summed E-state index contributed by atoms with van der Waals surface area (Å²) in [7, 11) is 0. The van der Waals surface area contributed by atoms with E-state index >= 15 is 0 Å². The number of hydrogen-bond donors (Lipinski definition) is 1. The summed E-state index contributed by atoms with van der Waals surface area (Å²) in [6.07, 6.45) is 3.37. The molecular weight excluding hydrogens is 283 g/mol. The minimum absolute atomic E-state index is 0.000669. The van der Waals surface area contributed by atoms with Crippen molar-refractivity contribution in [1.29, 1.82) is 0 Å². The summed E-state index contributed by atoms with van der Waals surface area (Å²) in [6.45, 7) is 3.46. The highest BCUT2D eigenvalue weighted by atomic mass is 19.1. The van der Waals surface area contributed by atoms with Crippen LogP contribution in [0.15, 0.2) is 18.2 Å². The van der Waals surface area contributed by atoms with Crippen molar-refractivity contribution < 1.29 is 13.9 Å². The van der Waals surface area contributed by atoms with E-state index in [9.17, 15) is 4.39 Å². The number of benzene rings is 1. The van der Waals surface area contributed by atoms with Gasteiger partial charge in [0.2, 0.25) is 0 Å². The Labute approximate surface area is 130 Å². The maximum absolute atomic E-state index is 14.0. The second-order valence-electron chi connectivity index (χ2n) is 6.74. The van der Waals surface area contributed by atoms with E-state index in [1.54, 1.807) is 12.1 Å². The van der Waals surface area contributed by atoms with Crippen molar-refractivity contribution in [2.24, 2.45) is 17.8 Å². The van der Waals surface area contributed by atoms with Gasteiger partial charge in [0.05, 0.1) is 12.3 Å². The first-order chi connectivity index (χ1) is 10.7. The van der Waals surface area contributed by atoms with Crippen LogP contribution in [0.3, 0.4) is 0 Å². The van der Waals surface area contributed by atoms with Crippen LogP contribution in [-0.2, 0) is 9.47 Å². The lowest BCUT2D eigenvalue weighted by Gasteiger charge is -2.25. The second kappa shape index (κ2) is 5.70. The predicted octanol–water partition coefficient (Wildman–Crippen LogP) is 2.63. The number of piperidine rings is 1. The van der Waals surface area contributed by atoms with E-state index in [4.69, 9.17) is 15.2 Å². The zero-order chi connectivity index (χ0) is 15.1. The fraction of sp³-hybridized carbons (Fsp3) is 0.647. The molecule has 1 unspecified atom stereocenters. The first kappa shape index (κ1) is 14.3. The van der Waals surface area contributed by atoms with E-state index in [-0.39, 0.29) is 12.1 Å². The lowest BCUT2D eigenvalue weighted by atomic mass is 10.2. The van der Waals surface area contributed by atoms with Gasteiger partial charge in [-0.3, -0.25) is 0 Å². The molecule has 4 nitrogen and oxygen atoms in total. The van der Waals surface area contributed by atoms with Crippen LogP contribution in [0, 0.1) is 23.6 Å². The van der Waals surface area contributed by atoms with E-state index in [0.29, 0.717) is 29.1 Å². The molecule has 2 aliphatic heterocycles. The number of hydrogen-bond acceptors (Lipinski definition) is 4. The number of fused-ring (bicyclic) bond motifs is 1. The van der Waals surface area contributed by atoms with Crippen LogP contribution in [0.1, 0.15) is 19.3 Å². The third-order valence-electron chi connectivity index (χ3n) is 5.30. The van der Waals surface area contributed by atoms with Crippen LogP contribution in [0.25, 0.3) is 0 Å². The van der Waals surface area contributed by atoms with Gasteiger partial charge in [0.1, 0.15) is 5.82 Å². The summed E-state index contributed by atoms with van der Waals surface area (Å²) >= 11 is 0. The average Bonchev–Trinajstić information content (AvgIpc) is 2.97. The van der Waals surface area contributed by atoms with Gasteiger partial charge in [0.15, 0.2) is 6.29 Å². The zero-order valence-corrected chi connectivity index (χ0v) is 12.7. The highest BCUT2D eigenvalue weighted by Crippen LogP contribution is 2.53. The minimum Gasteiger partial charge on any atom is -0.399 e. The van der Waals surface area contributed by atoms with Gasteiger partial charge in [-0.1, -0.05) is 0 Å². The molecule has 1 aromatic carbocycles. The normalized spacial score (nSPS) is 33.8. The molecule has 120 valence electrons. The summed E-state index contributed by atoms with van der Waals surface area (Å²) in [5, 5.41) is 0. The highest BCUT2D eigenvalue weighted by molar-refractivity contribution is 5.55. The Morgan fingerprint density at radius 3 is 2.77 bits per heavy atom. The van der Waals surface area contributed by atoms with Crippen molar-refractivity contribution in [2.45, 2.75) is 25.6 Å². The number of ether oxygens (including phenoxy) is 2. The van der Waals surface area contributed by atoms with Crippen molar-refractivity contribution in [3.8, 4) is 0 Å². The van der Waals surface area contributed by atoms with Crippen LogP contribution < -0.4 is 10.6 Å². The summed E-state index contributed by atoms with van der Waals surface area (Å²) < 4.78 is 25.5. The van der Waals surface area contributed by atoms with Gasteiger partial charge in [-0.05, 0) is 55.2 Å². The third kappa shape index (κ3) is 2.68. The van der Waals surface area contributed by atoms with Crippen LogP contribution >= 0.6 is 0 Å². The van der Waals surface area contributed by atoms with E-state index in [1.807, 2.05) is 0 Å². The van der Waals surface area contributed by atoms with E-state index < -0.39 is 0 Å². The largest absolute Gasteiger partial charge is 0.399 e. The van der Waals surface area contributed by atoms with Crippen LogP contribution in [0.4, 0.5) is 15.8 Å². The average molecular weight is 306 g/mol. The SMILES string of the molecule is Nc1ccc(N2C[C@@H]3[C@@H](COC4CCCCO4)[C@@H]3C2)c(F)c1. The Balaban J connectivity index is 1.28. The van der Waals surface area contributed by atoms with Gasteiger partial charge < -0.3 is 20.1 Å². The fourth-order valence-electron chi connectivity index (χ4n) is 3.93. The molecule has 2 saturated heterocycles. The molecule has 2 heterocycles. The van der Waals surface area contributed by atoms with Gasteiger partial charge in [0, 0.05) is 25.4 Å². The molecule has 2 N–H and O–H groups in total. The minimum atomic E-state index is -0.218. The zero-order valence-electron chi connectivity index (χ0n) is 12.7. The monoisotopic (exact) mass is 306 g/mol. The molecule has 0 spiro atoms. The van der Waals surface area contributed by atoms with E-state index in [0.717, 1.165) is 39.1 Å². The quantitative estimate of drug-likeness (QED) is 0.869. The number of nitrogens with two attached hydrogens (primary N) is 1. The van der Waals surface area contributed by atoms with E-state index in [1.165, 1.54) is 12.5 Å². The van der Waals surface area contributed by atoms with Crippen molar-refractivity contribution in [3.05, 3.63) is 24.0 Å². The molecule has 22 heavy (non-hydrogen) atoms. The first-order valence-electron chi connectivity index (χ1n) is 8.25. The molecule has 1 aromatic rings. The van der Waals surface area contributed by atoms with Gasteiger partial charge >= 0.3 is 0 Å². The Morgan fingerprint density at radius 2 is 2.09 bits per heavy atom. The molecule has 0 aromatic heterocycles. The Kier molecular flexibility index (Phi) is 3.70. The third-order valence-corrected chi connectivity index (χ3v) is 5.30. The Hall–Kier alpha value is -1.33. The van der Waals surface area contributed by atoms with Gasteiger partial charge in [-0.25, -0.2) is 4.39 Å². The summed E-state index contributed by atoms with van der Waals surface area (Å²) in [5.41, 5.74) is 6.76. The molecule has 3 aliphatic rings. The fourth-order valence-corrected chi connectivity index (χ4v) is 3.93. The lowest BCUT2D eigenvalue weighted by Crippen LogP contribution is -2.28. The molecule has 0 bridgehead atoms. The number of nitrogens with zero attached hydrogens (tertiary/aromatic N) is 1. The van der Waals surface area contributed by atoms with Crippen molar-refractivity contribution in [1.82, 2.24) is 0 Å². The highest BCUT2D eigenvalue weighted by Gasteiger charge is 2.56. The molecule has 3 fully saturated rings. The Bertz CT molecular complexity index is 535. The van der Waals surface area contributed by atoms with Crippen LogP contribution in [-0.4, -0.2) is 32.6 Å². The number of nitrogen functional groups attached to an aromatic ring is 1. The lowest BCUT2D eigenvalue weighted by molar-refractivity contribution is -0.165. The number of rotatable bonds is 4. The molecule has 4 rings (SSSR count). The Morgan fingerprint density at radius 1 is 1.27 bits per heavy atom. The maximum atomic E-state index is 14.0. The van der Waals surface area contributed by atoms with Crippen LogP contribution in [0.5, 0.6) is 0 Å². The van der Waals surface area contributed by atoms with Gasteiger partial charge in [-0.2, -0.15) is 0 Å². The standard InChI is InChI=1S/C17H23FN2O2/c18-15-7-11(19)4-5-16(15)20-8-12-13(9-20)14(12)10-22-17-3-1-2-6-21-17/h4-5,7,12-14,17H,1-3,6,8-10,19H2/t12-,13+,14+,17?. The molecular formula is C17H23FN2O2. The van der Waals surface area contributed by atoms with Crippen molar-refractivity contribution in [2.75, 3.05) is 36.9 Å². The number of halogens is 1. The summed E-state index contributed by atoms with van der Waals surface area (Å²) in [5.74, 6) is 1.68. The second-order valence-corrected chi connectivity index (χ2v) is 6.74. The maximum Gasteiger partial charge on any atom is 0.157 e. The first-order valence-corrected chi connectivity index (χ1v) is 8.25. The van der Waals surface area contributed by atoms with Gasteiger partial charge in [-0.15, -0.1) is 0 Å². The molecule has 0 radical (unpaired) electrons. The smallest absolute Gasteiger partial charge is 0.157 e. The molecule has 0 amide bonds. The van der Waals surface area contributed by atoms with Crippen molar-refractivity contribution in [3.63, 3.8) is 0 Å². The van der Waals surface area contributed by atoms with E-state index in [2.05, 4.69) is 4.90 Å². The molecule has 4 atom stereocenters. The summed E-state index contributed by atoms with van der Waals surface area (Å²) in [4.78, 5) is 2.14. The molecule has 1 aliphatic carbocycles.